The number of benzene rings is 1. The van der Waals surface area contributed by atoms with Gasteiger partial charge in [-0.1, -0.05) is 12.1 Å². The second kappa shape index (κ2) is 5.65. The van der Waals surface area contributed by atoms with Crippen molar-refractivity contribution >= 4 is 22.8 Å². The van der Waals surface area contributed by atoms with Gasteiger partial charge in [0.2, 0.25) is 5.91 Å². The Morgan fingerprint density at radius 2 is 2.10 bits per heavy atom. The molecule has 6 heteroatoms. The summed E-state index contributed by atoms with van der Waals surface area (Å²) in [7, 11) is 3.56. The van der Waals surface area contributed by atoms with E-state index in [0.717, 1.165) is 29.9 Å². The average molecular weight is 285 g/mol. The van der Waals surface area contributed by atoms with Crippen LogP contribution in [0, 0.1) is 0 Å². The van der Waals surface area contributed by atoms with Crippen molar-refractivity contribution in [1.82, 2.24) is 20.2 Å². The molecule has 110 valence electrons. The van der Waals surface area contributed by atoms with Crippen molar-refractivity contribution < 1.29 is 4.79 Å². The second-order valence-corrected chi connectivity index (χ2v) is 5.36. The third kappa shape index (κ3) is 2.67. The van der Waals surface area contributed by atoms with Crippen LogP contribution in [0.5, 0.6) is 0 Å². The van der Waals surface area contributed by atoms with E-state index in [1.165, 1.54) is 0 Å². The summed E-state index contributed by atoms with van der Waals surface area (Å²) in [5.41, 5.74) is 1.72. The van der Waals surface area contributed by atoms with Crippen LogP contribution < -0.4 is 10.2 Å². The first-order chi connectivity index (χ1) is 10.2. The lowest BCUT2D eigenvalue weighted by atomic mass is 10.1. The van der Waals surface area contributed by atoms with Crippen molar-refractivity contribution in [1.29, 1.82) is 0 Å². The number of nitrogens with zero attached hydrogens (tertiary/aromatic N) is 4. The molecule has 1 aliphatic rings. The lowest BCUT2D eigenvalue weighted by Gasteiger charge is -2.37. The van der Waals surface area contributed by atoms with Gasteiger partial charge in [0.1, 0.15) is 11.9 Å². The number of hydrogen-bond donors (Lipinski definition) is 1. The van der Waals surface area contributed by atoms with Gasteiger partial charge < -0.3 is 15.1 Å². The van der Waals surface area contributed by atoms with Crippen molar-refractivity contribution in [3.8, 4) is 0 Å². The number of aromatic nitrogens is 2. The highest BCUT2D eigenvalue weighted by molar-refractivity contribution is 5.85. The van der Waals surface area contributed by atoms with E-state index in [0.29, 0.717) is 6.54 Å². The Balaban J connectivity index is 1.96. The summed E-state index contributed by atoms with van der Waals surface area (Å²) >= 11 is 0. The first kappa shape index (κ1) is 13.8. The van der Waals surface area contributed by atoms with Crippen LogP contribution in [0.25, 0.3) is 11.0 Å². The zero-order chi connectivity index (χ0) is 14.8. The number of fused-ring (bicyclic) bond motifs is 1. The number of rotatable bonds is 2. The summed E-state index contributed by atoms with van der Waals surface area (Å²) in [5, 5.41) is 3.27. The van der Waals surface area contributed by atoms with E-state index in [4.69, 9.17) is 0 Å². The van der Waals surface area contributed by atoms with E-state index in [1.807, 2.05) is 29.2 Å². The minimum atomic E-state index is -0.232. The lowest BCUT2D eigenvalue weighted by molar-refractivity contribution is -0.130. The molecule has 0 spiro atoms. The fourth-order valence-corrected chi connectivity index (χ4v) is 2.58. The molecule has 1 aliphatic heterocycles. The van der Waals surface area contributed by atoms with E-state index in [1.54, 1.807) is 25.2 Å². The molecule has 1 N–H and O–H groups in total. The monoisotopic (exact) mass is 285 g/mol. The van der Waals surface area contributed by atoms with Crippen LogP contribution in [0.4, 0.5) is 5.82 Å². The van der Waals surface area contributed by atoms with E-state index in [-0.39, 0.29) is 11.9 Å². The number of carbonyl (C=O) groups is 1. The van der Waals surface area contributed by atoms with Crippen LogP contribution in [-0.2, 0) is 4.79 Å². The number of nitrogens with one attached hydrogen (secondary N) is 1. The van der Waals surface area contributed by atoms with Crippen molar-refractivity contribution in [3.05, 3.63) is 30.5 Å². The molecule has 0 saturated carbocycles. The molecular formula is C15H19N5O. The van der Waals surface area contributed by atoms with Crippen LogP contribution >= 0.6 is 0 Å². The summed E-state index contributed by atoms with van der Waals surface area (Å²) in [5.74, 6) is 0.840. The Morgan fingerprint density at radius 3 is 2.86 bits per heavy atom. The molecular weight excluding hydrogens is 266 g/mol. The molecule has 0 radical (unpaired) electrons. The number of hydrogen-bond acceptors (Lipinski definition) is 5. The maximum atomic E-state index is 12.3. The van der Waals surface area contributed by atoms with Gasteiger partial charge in [0, 0.05) is 33.7 Å². The van der Waals surface area contributed by atoms with Gasteiger partial charge in [-0.25, -0.2) is 4.98 Å². The Morgan fingerprint density at radius 1 is 1.33 bits per heavy atom. The van der Waals surface area contributed by atoms with Gasteiger partial charge >= 0.3 is 0 Å². The first-order valence-electron chi connectivity index (χ1n) is 7.07. The largest absolute Gasteiger partial charge is 0.347 e. The molecule has 1 saturated heterocycles. The van der Waals surface area contributed by atoms with E-state index < -0.39 is 0 Å². The Kier molecular flexibility index (Phi) is 3.70. The van der Waals surface area contributed by atoms with E-state index in [2.05, 4.69) is 15.3 Å². The molecule has 2 aromatic rings. The standard InChI is InChI=1S/C15H19N5O/c1-19(2)15(21)13-9-16-7-8-20(13)14-10-17-11-5-3-4-6-12(11)18-14/h3-6,10,13,16H,7-9H2,1-2H3. The molecule has 21 heavy (non-hydrogen) atoms. The second-order valence-electron chi connectivity index (χ2n) is 5.36. The molecule has 1 aromatic carbocycles. The van der Waals surface area contributed by atoms with Gasteiger partial charge in [0.25, 0.3) is 0 Å². The topological polar surface area (TPSA) is 61.4 Å². The molecule has 1 fully saturated rings. The molecule has 0 bridgehead atoms. The van der Waals surface area contributed by atoms with Gasteiger partial charge in [0.15, 0.2) is 0 Å². The van der Waals surface area contributed by atoms with Crippen LogP contribution in [0.2, 0.25) is 0 Å². The van der Waals surface area contributed by atoms with Gasteiger partial charge in [-0.2, -0.15) is 0 Å². The zero-order valence-corrected chi connectivity index (χ0v) is 12.3. The molecule has 2 heterocycles. The molecule has 3 rings (SSSR count). The highest BCUT2D eigenvalue weighted by Gasteiger charge is 2.30. The Labute approximate surface area is 123 Å². The fraction of sp³-hybridized carbons (Fsp3) is 0.400. The first-order valence-corrected chi connectivity index (χ1v) is 7.07. The summed E-state index contributed by atoms with van der Waals surface area (Å²) in [6.45, 7) is 2.22. The summed E-state index contributed by atoms with van der Waals surface area (Å²) in [6, 6.07) is 7.54. The van der Waals surface area contributed by atoms with Crippen LogP contribution in [0.15, 0.2) is 30.5 Å². The van der Waals surface area contributed by atoms with Crippen LogP contribution in [0.3, 0.4) is 0 Å². The normalized spacial score (nSPS) is 18.8. The summed E-state index contributed by atoms with van der Waals surface area (Å²) < 4.78 is 0. The van der Waals surface area contributed by atoms with Crippen molar-refractivity contribution in [3.63, 3.8) is 0 Å². The average Bonchev–Trinajstić information content (AvgIpc) is 2.53. The van der Waals surface area contributed by atoms with E-state index >= 15 is 0 Å². The van der Waals surface area contributed by atoms with Gasteiger partial charge in [-0.3, -0.25) is 9.78 Å². The quantitative estimate of drug-likeness (QED) is 0.870. The highest BCUT2D eigenvalue weighted by Crippen LogP contribution is 2.19. The van der Waals surface area contributed by atoms with Crippen molar-refractivity contribution in [2.45, 2.75) is 6.04 Å². The maximum absolute atomic E-state index is 12.3. The number of anilines is 1. The van der Waals surface area contributed by atoms with Crippen LogP contribution in [-0.4, -0.2) is 60.5 Å². The molecule has 0 aliphatic carbocycles. The van der Waals surface area contributed by atoms with Gasteiger partial charge in [-0.05, 0) is 12.1 Å². The Hall–Kier alpha value is -2.21. The SMILES string of the molecule is CN(C)C(=O)C1CNCCN1c1cnc2ccccc2n1. The van der Waals surface area contributed by atoms with Crippen LogP contribution in [0.1, 0.15) is 0 Å². The number of piperazine rings is 1. The van der Waals surface area contributed by atoms with Gasteiger partial charge in [0.05, 0.1) is 17.2 Å². The third-order valence-corrected chi connectivity index (χ3v) is 3.70. The van der Waals surface area contributed by atoms with Gasteiger partial charge in [-0.15, -0.1) is 0 Å². The molecule has 6 nitrogen and oxygen atoms in total. The number of carbonyl (C=O) groups excluding carboxylic acids is 1. The summed E-state index contributed by atoms with van der Waals surface area (Å²) in [4.78, 5) is 25.1. The van der Waals surface area contributed by atoms with E-state index in [9.17, 15) is 4.79 Å². The smallest absolute Gasteiger partial charge is 0.246 e. The lowest BCUT2D eigenvalue weighted by Crippen LogP contribution is -2.58. The molecule has 1 aromatic heterocycles. The van der Waals surface area contributed by atoms with Crippen molar-refractivity contribution in [2.24, 2.45) is 0 Å². The third-order valence-electron chi connectivity index (χ3n) is 3.70. The number of likely N-dealkylation sites (N-methyl/N-ethyl adjacent to an activating group) is 1. The number of para-hydroxylation sites is 2. The fourth-order valence-electron chi connectivity index (χ4n) is 2.58. The highest BCUT2D eigenvalue weighted by atomic mass is 16.2. The number of amides is 1. The maximum Gasteiger partial charge on any atom is 0.246 e. The molecule has 1 amide bonds. The molecule has 1 unspecified atom stereocenters. The van der Waals surface area contributed by atoms with Crippen molar-refractivity contribution in [2.75, 3.05) is 38.6 Å². The predicted molar refractivity (Wildman–Crippen MR) is 82.2 cm³/mol. The molecule has 1 atom stereocenters. The zero-order valence-electron chi connectivity index (χ0n) is 12.3. The predicted octanol–water partition coefficient (Wildman–Crippen LogP) is 0.496. The Bertz CT molecular complexity index is 657. The minimum Gasteiger partial charge on any atom is -0.347 e. The summed E-state index contributed by atoms with van der Waals surface area (Å²) in [6.07, 6.45) is 1.75. The minimum absolute atomic E-state index is 0.0807.